The van der Waals surface area contributed by atoms with Gasteiger partial charge < -0.3 is 30.2 Å². The third-order valence-corrected chi connectivity index (χ3v) is 6.74. The van der Waals surface area contributed by atoms with Crippen LogP contribution in [-0.2, 0) is 4.79 Å². The summed E-state index contributed by atoms with van der Waals surface area (Å²) in [5.74, 6) is 0.442. The predicted molar refractivity (Wildman–Crippen MR) is 142 cm³/mol. The molecular weight excluding hydrogens is 480 g/mol. The topological polar surface area (TPSA) is 117 Å². The fraction of sp³-hybridized carbons (Fsp3) is 0.269. The molecule has 0 unspecified atom stereocenters. The molecule has 4 aromatic rings. The van der Waals surface area contributed by atoms with Crippen LogP contribution in [-0.4, -0.2) is 64.1 Å². The van der Waals surface area contributed by atoms with Crippen LogP contribution >= 0.6 is 11.6 Å². The highest BCUT2D eigenvalue weighted by Crippen LogP contribution is 2.30. The van der Waals surface area contributed by atoms with E-state index in [1.165, 1.54) is 0 Å². The number of piperazine rings is 1. The number of fused-ring (bicyclic) bond motifs is 1. The average molecular weight is 507 g/mol. The number of halogens is 1. The normalized spacial score (nSPS) is 14.8. The highest BCUT2D eigenvalue weighted by Gasteiger charge is 2.20. The number of aromatic nitrogens is 3. The molecule has 4 N–H and O–H groups in total. The van der Waals surface area contributed by atoms with E-state index in [0.717, 1.165) is 41.8 Å². The summed E-state index contributed by atoms with van der Waals surface area (Å²) < 4.78 is 0. The van der Waals surface area contributed by atoms with Gasteiger partial charge in [0.25, 0.3) is 5.56 Å². The van der Waals surface area contributed by atoms with E-state index in [4.69, 9.17) is 16.6 Å². The van der Waals surface area contributed by atoms with Crippen LogP contribution in [0.4, 0.5) is 11.4 Å². The fourth-order valence-electron chi connectivity index (χ4n) is 4.56. The number of rotatable bonds is 7. The van der Waals surface area contributed by atoms with Crippen LogP contribution in [0, 0.1) is 6.92 Å². The van der Waals surface area contributed by atoms with Crippen LogP contribution in [0.5, 0.6) is 0 Å². The highest BCUT2D eigenvalue weighted by molar-refractivity contribution is 6.30. The van der Waals surface area contributed by atoms with Crippen LogP contribution < -0.4 is 15.8 Å². The summed E-state index contributed by atoms with van der Waals surface area (Å²) in [6.45, 7) is 5.06. The van der Waals surface area contributed by atoms with Crippen molar-refractivity contribution in [2.24, 2.45) is 0 Å². The Hall–Kier alpha value is -3.82. The Morgan fingerprint density at radius 3 is 2.75 bits per heavy atom. The summed E-state index contributed by atoms with van der Waals surface area (Å²) in [6, 6.07) is 12.9. The lowest BCUT2D eigenvalue weighted by Gasteiger charge is -2.34. The number of benzene rings is 2. The molecule has 3 heterocycles. The SMILES string of the molecule is Cc1cc(N2CCN(C=O)CC2)cc2[nH]c(-c3c(NC[C@@H](O)c4cccc(Cl)c4)cc[nH]c3=O)nc12. The summed E-state index contributed by atoms with van der Waals surface area (Å²) in [6.07, 6.45) is 1.64. The fourth-order valence-corrected chi connectivity index (χ4v) is 4.76. The number of aliphatic hydroxyl groups excluding tert-OH is 1. The van der Waals surface area contributed by atoms with E-state index < -0.39 is 6.10 Å². The second kappa shape index (κ2) is 10.0. The maximum Gasteiger partial charge on any atom is 0.261 e. The van der Waals surface area contributed by atoms with Crippen molar-refractivity contribution in [3.63, 3.8) is 0 Å². The molecule has 1 fully saturated rings. The molecule has 0 spiro atoms. The van der Waals surface area contributed by atoms with Crippen LogP contribution in [0.15, 0.2) is 53.5 Å². The Morgan fingerprint density at radius 1 is 1.19 bits per heavy atom. The molecule has 1 saturated heterocycles. The van der Waals surface area contributed by atoms with Crippen molar-refractivity contribution in [1.29, 1.82) is 0 Å². The number of carbonyl (C=O) groups is 1. The van der Waals surface area contributed by atoms with Crippen molar-refractivity contribution in [3.05, 3.63) is 75.2 Å². The van der Waals surface area contributed by atoms with Crippen molar-refractivity contribution in [1.82, 2.24) is 19.9 Å². The largest absolute Gasteiger partial charge is 0.387 e. The van der Waals surface area contributed by atoms with Gasteiger partial charge >= 0.3 is 0 Å². The molecule has 10 heteroatoms. The van der Waals surface area contributed by atoms with Crippen LogP contribution in [0.25, 0.3) is 22.4 Å². The molecule has 2 aromatic heterocycles. The molecule has 5 rings (SSSR count). The highest BCUT2D eigenvalue weighted by atomic mass is 35.5. The molecule has 0 radical (unpaired) electrons. The zero-order valence-corrected chi connectivity index (χ0v) is 20.5. The number of amides is 1. The van der Waals surface area contributed by atoms with Gasteiger partial charge in [-0.25, -0.2) is 4.98 Å². The number of carbonyl (C=O) groups excluding carboxylic acids is 1. The van der Waals surface area contributed by atoms with Crippen molar-refractivity contribution >= 4 is 40.4 Å². The zero-order valence-electron chi connectivity index (χ0n) is 19.8. The van der Waals surface area contributed by atoms with Gasteiger partial charge in [-0.3, -0.25) is 9.59 Å². The van der Waals surface area contributed by atoms with Crippen molar-refractivity contribution in [3.8, 4) is 11.4 Å². The number of aliphatic hydroxyl groups is 1. The molecule has 1 amide bonds. The maximum absolute atomic E-state index is 12.9. The lowest BCUT2D eigenvalue weighted by Crippen LogP contribution is -2.45. The third-order valence-electron chi connectivity index (χ3n) is 6.51. The van der Waals surface area contributed by atoms with Crippen LogP contribution in [0.1, 0.15) is 17.2 Å². The predicted octanol–water partition coefficient (Wildman–Crippen LogP) is 3.30. The number of nitrogens with one attached hydrogen (secondary N) is 3. The lowest BCUT2D eigenvalue weighted by molar-refractivity contribution is -0.118. The first-order valence-electron chi connectivity index (χ1n) is 11.8. The maximum atomic E-state index is 12.9. The molecule has 0 bridgehead atoms. The minimum atomic E-state index is -0.809. The molecule has 2 aromatic carbocycles. The monoisotopic (exact) mass is 506 g/mol. The molecular formula is C26H27ClN6O3. The summed E-state index contributed by atoms with van der Waals surface area (Å²) in [7, 11) is 0. The van der Waals surface area contributed by atoms with E-state index in [1.54, 1.807) is 41.4 Å². The number of aryl methyl sites for hydroxylation is 1. The third kappa shape index (κ3) is 4.80. The quantitative estimate of drug-likeness (QED) is 0.286. The van der Waals surface area contributed by atoms with Crippen LogP contribution in [0.2, 0.25) is 5.02 Å². The summed E-state index contributed by atoms with van der Waals surface area (Å²) in [4.78, 5) is 38.7. The minimum absolute atomic E-state index is 0.187. The van der Waals surface area contributed by atoms with Gasteiger partial charge in [0.2, 0.25) is 6.41 Å². The first-order chi connectivity index (χ1) is 17.4. The standard InChI is InChI=1S/C26H27ClN6O3/c1-16-11-19(33-9-7-32(15-34)8-10-33)13-21-24(16)31-25(30-21)23-20(5-6-28-26(23)36)29-14-22(35)17-3-2-4-18(27)12-17/h2-6,11-13,15,22,35H,7-10,14H2,1H3,(H,30,31)(H2,28,29,36)/t22-/m1/s1. The number of hydrogen-bond donors (Lipinski definition) is 4. The van der Waals surface area contributed by atoms with E-state index in [0.29, 0.717) is 40.8 Å². The Morgan fingerprint density at radius 2 is 2.00 bits per heavy atom. The molecule has 1 aliphatic rings. The van der Waals surface area contributed by atoms with Crippen LogP contribution in [0.3, 0.4) is 0 Å². The number of imidazole rings is 1. The Balaban J connectivity index is 1.43. The second-order valence-electron chi connectivity index (χ2n) is 8.92. The second-order valence-corrected chi connectivity index (χ2v) is 9.36. The molecule has 1 atom stereocenters. The molecule has 0 aliphatic carbocycles. The minimum Gasteiger partial charge on any atom is -0.387 e. The summed E-state index contributed by atoms with van der Waals surface area (Å²) >= 11 is 6.05. The Kier molecular flexibility index (Phi) is 6.67. The van der Waals surface area contributed by atoms with Gasteiger partial charge in [0.1, 0.15) is 11.4 Å². The van der Waals surface area contributed by atoms with Crippen molar-refractivity contribution in [2.45, 2.75) is 13.0 Å². The number of anilines is 2. The van der Waals surface area contributed by atoms with E-state index in [-0.39, 0.29) is 12.1 Å². The van der Waals surface area contributed by atoms with Crippen molar-refractivity contribution < 1.29 is 9.90 Å². The summed E-state index contributed by atoms with van der Waals surface area (Å²) in [5.41, 5.74) is 4.96. The number of aromatic amines is 2. The van der Waals surface area contributed by atoms with Gasteiger partial charge in [-0.2, -0.15) is 0 Å². The van der Waals surface area contributed by atoms with E-state index in [1.807, 2.05) is 13.0 Å². The molecule has 1 aliphatic heterocycles. The first-order valence-corrected chi connectivity index (χ1v) is 12.1. The Labute approximate surface area is 212 Å². The number of H-pyrrole nitrogens is 2. The van der Waals surface area contributed by atoms with Gasteiger partial charge in [-0.15, -0.1) is 0 Å². The Bertz CT molecular complexity index is 1460. The smallest absolute Gasteiger partial charge is 0.261 e. The number of hydrogen-bond acceptors (Lipinski definition) is 6. The number of pyridine rings is 1. The molecule has 0 saturated carbocycles. The van der Waals surface area contributed by atoms with Gasteiger partial charge in [0.05, 0.1) is 22.8 Å². The first kappa shape index (κ1) is 23.9. The number of nitrogens with zero attached hydrogens (tertiary/aromatic N) is 3. The van der Waals surface area contributed by atoms with Gasteiger partial charge in [-0.05, 0) is 48.4 Å². The van der Waals surface area contributed by atoms with Gasteiger partial charge in [0, 0.05) is 49.6 Å². The molecule has 36 heavy (non-hydrogen) atoms. The van der Waals surface area contributed by atoms with Crippen molar-refractivity contribution in [2.75, 3.05) is 42.9 Å². The molecule has 9 nitrogen and oxygen atoms in total. The lowest BCUT2D eigenvalue weighted by atomic mass is 10.1. The van der Waals surface area contributed by atoms with Gasteiger partial charge in [0.15, 0.2) is 0 Å². The van der Waals surface area contributed by atoms with E-state index >= 15 is 0 Å². The van der Waals surface area contributed by atoms with E-state index in [9.17, 15) is 14.7 Å². The average Bonchev–Trinajstić information content (AvgIpc) is 3.31. The molecule has 186 valence electrons. The zero-order chi connectivity index (χ0) is 25.2. The summed E-state index contributed by atoms with van der Waals surface area (Å²) in [5, 5.41) is 14.4. The van der Waals surface area contributed by atoms with Gasteiger partial charge in [-0.1, -0.05) is 23.7 Å². The van der Waals surface area contributed by atoms with E-state index in [2.05, 4.69) is 26.3 Å².